The van der Waals surface area contributed by atoms with Crippen molar-refractivity contribution >= 4 is 17.1 Å². The molecule has 0 aliphatic carbocycles. The molecule has 0 radical (unpaired) electrons. The molecule has 196 valence electrons. The molecular weight excluding hydrogens is 474 g/mol. The molecule has 0 fully saturated rings. The van der Waals surface area contributed by atoms with Gasteiger partial charge in [0, 0.05) is 23.3 Å². The molecule has 0 atom stereocenters. The van der Waals surface area contributed by atoms with Crippen molar-refractivity contribution in [2.45, 2.75) is 13.2 Å². The SMILES string of the molecule is O=[N+]([O-])c1ccc(N=Nc2cc3c(O)c(c2)COCCOCCOCCOCCOCCOC3)cc1. The Kier molecular flexibility index (Phi) is 12.2. The molecule has 0 unspecified atom stereocenters. The van der Waals surface area contributed by atoms with Crippen LogP contribution in [0.15, 0.2) is 46.6 Å². The average Bonchev–Trinajstić information content (AvgIpc) is 2.88. The van der Waals surface area contributed by atoms with Crippen molar-refractivity contribution in [2.75, 3.05) is 66.1 Å². The molecule has 3 rings (SSSR count). The van der Waals surface area contributed by atoms with Crippen molar-refractivity contribution in [1.82, 2.24) is 0 Å². The Balaban J connectivity index is 1.67. The summed E-state index contributed by atoms with van der Waals surface area (Å²) in [5.41, 5.74) is 1.95. The Morgan fingerprint density at radius 1 is 0.639 bits per heavy atom. The molecule has 36 heavy (non-hydrogen) atoms. The molecule has 0 aromatic heterocycles. The molecule has 12 heteroatoms. The summed E-state index contributed by atoms with van der Waals surface area (Å²) in [4.78, 5) is 10.3. The van der Waals surface area contributed by atoms with Crippen LogP contribution in [-0.4, -0.2) is 76.1 Å². The minimum atomic E-state index is -0.479. The number of nitro benzene ring substituents is 1. The van der Waals surface area contributed by atoms with E-state index >= 15 is 0 Å². The molecule has 0 spiro atoms. The molecule has 12 nitrogen and oxygen atoms in total. The summed E-state index contributed by atoms with van der Waals surface area (Å²) < 4.78 is 33.1. The maximum absolute atomic E-state index is 10.8. The summed E-state index contributed by atoms with van der Waals surface area (Å²) in [5.74, 6) is 0.0545. The van der Waals surface area contributed by atoms with Crippen LogP contribution >= 0.6 is 0 Å². The van der Waals surface area contributed by atoms with E-state index in [1.54, 1.807) is 12.1 Å². The number of phenolic OH excluding ortho intramolecular Hbond substituents is 1. The van der Waals surface area contributed by atoms with Crippen molar-refractivity contribution in [3.8, 4) is 5.75 Å². The highest BCUT2D eigenvalue weighted by Crippen LogP contribution is 2.31. The third-order valence-electron chi connectivity index (χ3n) is 4.97. The predicted octanol–water partition coefficient (Wildman–Crippen LogP) is 3.83. The van der Waals surface area contributed by atoms with E-state index in [4.69, 9.17) is 28.4 Å². The lowest BCUT2D eigenvalue weighted by Crippen LogP contribution is -2.13. The Bertz CT molecular complexity index is 929. The first-order valence-electron chi connectivity index (χ1n) is 11.6. The molecule has 0 amide bonds. The Morgan fingerprint density at radius 3 is 1.44 bits per heavy atom. The first-order valence-corrected chi connectivity index (χ1v) is 11.6. The number of rotatable bonds is 3. The van der Waals surface area contributed by atoms with E-state index in [0.29, 0.717) is 88.6 Å². The van der Waals surface area contributed by atoms with Crippen LogP contribution in [0.4, 0.5) is 17.1 Å². The van der Waals surface area contributed by atoms with Gasteiger partial charge >= 0.3 is 0 Å². The second-order valence-corrected chi connectivity index (χ2v) is 7.64. The quantitative estimate of drug-likeness (QED) is 0.374. The highest BCUT2D eigenvalue weighted by Gasteiger charge is 2.12. The maximum atomic E-state index is 10.8. The normalized spacial score (nSPS) is 17.9. The van der Waals surface area contributed by atoms with Gasteiger partial charge in [-0.1, -0.05) is 0 Å². The molecule has 0 saturated carbocycles. The highest BCUT2D eigenvalue weighted by molar-refractivity contribution is 5.52. The second-order valence-electron chi connectivity index (χ2n) is 7.64. The van der Waals surface area contributed by atoms with E-state index < -0.39 is 4.92 Å². The van der Waals surface area contributed by atoms with Crippen LogP contribution in [0, 0.1) is 10.1 Å². The summed E-state index contributed by atoms with van der Waals surface area (Å²) in [6, 6.07) is 9.07. The first kappa shape index (κ1) is 27.6. The number of hydrogen-bond donors (Lipinski definition) is 1. The fourth-order valence-electron chi connectivity index (χ4n) is 3.14. The Morgan fingerprint density at radius 2 is 1.03 bits per heavy atom. The first-order chi connectivity index (χ1) is 17.6. The zero-order chi connectivity index (χ0) is 25.4. The predicted molar refractivity (Wildman–Crippen MR) is 128 cm³/mol. The number of non-ortho nitro benzene ring substituents is 1. The van der Waals surface area contributed by atoms with E-state index in [-0.39, 0.29) is 24.7 Å². The van der Waals surface area contributed by atoms with Gasteiger partial charge in [0.05, 0.1) is 95.6 Å². The number of phenols is 1. The van der Waals surface area contributed by atoms with Crippen molar-refractivity contribution in [2.24, 2.45) is 10.2 Å². The number of nitrogens with zero attached hydrogens (tertiary/aromatic N) is 3. The van der Waals surface area contributed by atoms with Gasteiger partial charge in [0.1, 0.15) is 5.75 Å². The fourth-order valence-corrected chi connectivity index (χ4v) is 3.14. The lowest BCUT2D eigenvalue weighted by molar-refractivity contribution is -0.384. The third-order valence-corrected chi connectivity index (χ3v) is 4.97. The van der Waals surface area contributed by atoms with Gasteiger partial charge in [0.25, 0.3) is 5.69 Å². The van der Waals surface area contributed by atoms with Crippen molar-refractivity contribution < 1.29 is 38.5 Å². The van der Waals surface area contributed by atoms with Crippen molar-refractivity contribution in [3.63, 3.8) is 0 Å². The molecule has 2 aromatic carbocycles. The van der Waals surface area contributed by atoms with Crippen molar-refractivity contribution in [3.05, 3.63) is 57.6 Å². The van der Waals surface area contributed by atoms with Crippen LogP contribution in [0.3, 0.4) is 0 Å². The van der Waals surface area contributed by atoms with Gasteiger partial charge < -0.3 is 33.5 Å². The number of ether oxygens (including phenoxy) is 6. The van der Waals surface area contributed by atoms with E-state index in [9.17, 15) is 15.2 Å². The van der Waals surface area contributed by atoms with Gasteiger partial charge in [-0.25, -0.2) is 0 Å². The topological polar surface area (TPSA) is 143 Å². The number of aromatic hydroxyl groups is 1. The van der Waals surface area contributed by atoms with Crippen molar-refractivity contribution in [1.29, 1.82) is 0 Å². The summed E-state index contributed by atoms with van der Waals surface area (Å²) in [7, 11) is 0. The number of azo groups is 1. The lowest BCUT2D eigenvalue weighted by atomic mass is 10.1. The molecule has 1 N–H and O–H groups in total. The standard InChI is InChI=1S/C24H31N3O9/c28-24-19-15-22(26-25-21-1-3-23(4-2-21)27(29)30)16-20(24)18-36-14-12-34-10-8-32-6-5-31-7-9-33-11-13-35-17-19/h1-4,15-16,28H,5-14,17-18H2. The smallest absolute Gasteiger partial charge is 0.269 e. The van der Waals surface area contributed by atoms with E-state index in [1.165, 1.54) is 24.3 Å². The number of fused-ring (bicyclic) bond motifs is 2. The minimum Gasteiger partial charge on any atom is -0.507 e. The summed E-state index contributed by atoms with van der Waals surface area (Å²) >= 11 is 0. The zero-order valence-corrected chi connectivity index (χ0v) is 20.0. The number of benzene rings is 2. The fraction of sp³-hybridized carbons (Fsp3) is 0.500. The van der Waals surface area contributed by atoms with E-state index in [1.807, 2.05) is 0 Å². The van der Waals surface area contributed by atoms with Crippen LogP contribution in [-0.2, 0) is 41.6 Å². The molecular formula is C24H31N3O9. The molecule has 2 aromatic rings. The molecule has 1 aliphatic heterocycles. The number of nitro groups is 1. The summed E-state index contributed by atoms with van der Waals surface area (Å²) in [6.07, 6.45) is 0. The Labute approximate surface area is 208 Å². The Hall–Kier alpha value is -3.00. The monoisotopic (exact) mass is 505 g/mol. The summed E-state index contributed by atoms with van der Waals surface area (Å²) in [5, 5.41) is 29.9. The highest BCUT2D eigenvalue weighted by atomic mass is 16.6. The molecule has 1 aliphatic rings. The third kappa shape index (κ3) is 9.93. The van der Waals surface area contributed by atoms with Crippen LogP contribution in [0.2, 0.25) is 0 Å². The lowest BCUT2D eigenvalue weighted by Gasteiger charge is -2.13. The average molecular weight is 506 g/mol. The largest absolute Gasteiger partial charge is 0.507 e. The van der Waals surface area contributed by atoms with Crippen LogP contribution in [0.5, 0.6) is 5.75 Å². The van der Waals surface area contributed by atoms with Crippen LogP contribution in [0.25, 0.3) is 0 Å². The molecule has 1 heterocycles. The van der Waals surface area contributed by atoms with Crippen LogP contribution < -0.4 is 0 Å². The summed E-state index contributed by atoms with van der Waals surface area (Å²) in [6.45, 7) is 4.49. The van der Waals surface area contributed by atoms with Crippen LogP contribution in [0.1, 0.15) is 11.1 Å². The second kappa shape index (κ2) is 15.9. The van der Waals surface area contributed by atoms with Gasteiger partial charge in [-0.15, -0.1) is 0 Å². The van der Waals surface area contributed by atoms with Gasteiger partial charge in [-0.3, -0.25) is 10.1 Å². The van der Waals surface area contributed by atoms with E-state index in [2.05, 4.69) is 10.2 Å². The van der Waals surface area contributed by atoms with Gasteiger partial charge in [0.15, 0.2) is 0 Å². The van der Waals surface area contributed by atoms with Gasteiger partial charge in [-0.05, 0) is 24.3 Å². The van der Waals surface area contributed by atoms with Gasteiger partial charge in [-0.2, -0.15) is 10.2 Å². The number of hydrogen-bond acceptors (Lipinski definition) is 11. The van der Waals surface area contributed by atoms with Gasteiger partial charge in [0.2, 0.25) is 0 Å². The van der Waals surface area contributed by atoms with E-state index in [0.717, 1.165) is 0 Å². The maximum Gasteiger partial charge on any atom is 0.269 e. The minimum absolute atomic E-state index is 0.0295. The molecule has 2 bridgehead atoms. The zero-order valence-electron chi connectivity index (χ0n) is 20.0. The molecule has 0 saturated heterocycles.